The molecule has 0 radical (unpaired) electrons. The summed E-state index contributed by atoms with van der Waals surface area (Å²) in [6.45, 7) is 22.0. The summed E-state index contributed by atoms with van der Waals surface area (Å²) in [5.41, 5.74) is 3.85. The van der Waals surface area contributed by atoms with Gasteiger partial charge in [-0.05, 0) is 49.7 Å². The van der Waals surface area contributed by atoms with E-state index < -0.39 is 8.32 Å². The number of nitrogens with zero attached hydrogens (tertiary/aromatic N) is 3. The molecule has 2 aromatic rings. The van der Waals surface area contributed by atoms with Gasteiger partial charge in [-0.2, -0.15) is 19.2 Å². The van der Waals surface area contributed by atoms with Gasteiger partial charge in [0.1, 0.15) is 11.5 Å². The molecule has 9 nitrogen and oxygen atoms in total. The summed E-state index contributed by atoms with van der Waals surface area (Å²) in [7, 11) is -1.75. The van der Waals surface area contributed by atoms with Crippen LogP contribution in [0.2, 0.25) is 18.1 Å². The number of rotatable bonds is 4. The van der Waals surface area contributed by atoms with Crippen molar-refractivity contribution in [3.05, 3.63) is 58.5 Å². The quantitative estimate of drug-likeness (QED) is 0.318. The van der Waals surface area contributed by atoms with Crippen molar-refractivity contribution in [2.75, 3.05) is 0 Å². The van der Waals surface area contributed by atoms with Crippen LogP contribution in [0, 0.1) is 20.4 Å². The number of hydrogen-bond donors (Lipinski definition) is 1. The fourth-order valence-electron chi connectivity index (χ4n) is 2.01. The first kappa shape index (κ1) is 33.0. The first-order valence-electron chi connectivity index (χ1n) is 9.91. The van der Waals surface area contributed by atoms with Crippen LogP contribution in [-0.2, 0) is 31.1 Å². The van der Waals surface area contributed by atoms with E-state index in [4.69, 9.17) is 35.3 Å². The first-order valence-corrected chi connectivity index (χ1v) is 13.9. The Kier molecular flexibility index (Phi) is 16.0. The summed E-state index contributed by atoms with van der Waals surface area (Å²) < 4.78 is 6.22. The normalized spacial score (nSPS) is 9.74. The zero-order chi connectivity index (χ0) is 26.9. The average molecular weight is 552 g/mol. The molecule has 0 saturated heterocycles. The molecule has 0 fully saturated rings. The van der Waals surface area contributed by atoms with Gasteiger partial charge in [0.2, 0.25) is 6.54 Å². The summed E-state index contributed by atoms with van der Waals surface area (Å²) in [5, 5.41) is 10.0. The summed E-state index contributed by atoms with van der Waals surface area (Å²) in [5.74, 6) is 1.02. The Morgan fingerprint density at radius 1 is 1.03 bits per heavy atom. The molecule has 34 heavy (non-hydrogen) atoms. The van der Waals surface area contributed by atoms with Gasteiger partial charge in [-0.3, -0.25) is 9.97 Å². The van der Waals surface area contributed by atoms with E-state index in [-0.39, 0.29) is 29.6 Å². The number of hydrogen-bond acceptors (Lipinski definition) is 8. The van der Waals surface area contributed by atoms with Gasteiger partial charge in [0.15, 0.2) is 0 Å². The van der Waals surface area contributed by atoms with Gasteiger partial charge in [0.05, 0.1) is 18.0 Å². The summed E-state index contributed by atoms with van der Waals surface area (Å²) in [6.07, 6.45) is 3.71. The number of pyridine rings is 2. The maximum atomic E-state index is 9.00. The SMILES string of the molecule is Cc1ncc(O[Si](C)(C)C(C)(C)C)cc1CBr.O=C=O.O=C=O.[C-]#[N+]Cc1cc(O)cnc1C. The molecule has 0 aliphatic heterocycles. The van der Waals surface area contributed by atoms with E-state index in [0.717, 1.165) is 28.0 Å². The number of halogens is 1. The lowest BCUT2D eigenvalue weighted by Gasteiger charge is -2.36. The topological polar surface area (TPSA) is 128 Å². The molecule has 0 aliphatic rings. The minimum atomic E-state index is -1.75. The van der Waals surface area contributed by atoms with Gasteiger partial charge in [-0.25, -0.2) is 6.57 Å². The first-order chi connectivity index (χ1) is 15.7. The Hall–Kier alpha value is -3.15. The van der Waals surface area contributed by atoms with Crippen molar-refractivity contribution in [1.29, 1.82) is 0 Å². The Morgan fingerprint density at radius 3 is 1.94 bits per heavy atom. The number of carbonyl (C=O) groups excluding carboxylic acids is 4. The monoisotopic (exact) mass is 551 g/mol. The van der Waals surface area contributed by atoms with E-state index in [1.807, 2.05) is 20.0 Å². The highest BCUT2D eigenvalue weighted by Gasteiger charge is 2.39. The zero-order valence-electron chi connectivity index (χ0n) is 20.4. The Labute approximate surface area is 209 Å². The number of alkyl halides is 1. The molecule has 2 rings (SSSR count). The van der Waals surface area contributed by atoms with E-state index in [1.165, 1.54) is 11.8 Å². The third kappa shape index (κ3) is 12.8. The van der Waals surface area contributed by atoms with Gasteiger partial charge in [0, 0.05) is 16.7 Å². The predicted octanol–water partition coefficient (Wildman–Crippen LogP) is 5.02. The maximum Gasteiger partial charge on any atom is 0.373 e. The molecule has 0 bridgehead atoms. The predicted molar refractivity (Wildman–Crippen MR) is 130 cm³/mol. The molecule has 0 aromatic carbocycles. The molecule has 0 saturated carbocycles. The zero-order valence-corrected chi connectivity index (χ0v) is 23.0. The molecule has 184 valence electrons. The van der Waals surface area contributed by atoms with E-state index in [1.54, 1.807) is 6.07 Å². The lowest BCUT2D eigenvalue weighted by atomic mass is 10.2. The molecular formula is C23H30BrN3O6Si. The average Bonchev–Trinajstić information content (AvgIpc) is 2.73. The third-order valence-electron chi connectivity index (χ3n) is 4.92. The smallest absolute Gasteiger partial charge is 0.373 e. The van der Waals surface area contributed by atoms with Gasteiger partial charge in [-0.1, -0.05) is 36.7 Å². The fourth-order valence-corrected chi connectivity index (χ4v) is 3.58. The van der Waals surface area contributed by atoms with Crippen molar-refractivity contribution in [3.63, 3.8) is 0 Å². The van der Waals surface area contributed by atoms with Crippen molar-refractivity contribution in [2.45, 2.75) is 64.6 Å². The van der Waals surface area contributed by atoms with Crippen molar-refractivity contribution in [3.8, 4) is 11.5 Å². The second-order valence-electron chi connectivity index (χ2n) is 8.33. The molecule has 2 aromatic heterocycles. The Bertz CT molecular complexity index is 1010. The number of aryl methyl sites for hydroxylation is 2. The molecule has 0 spiro atoms. The largest absolute Gasteiger partial charge is 0.542 e. The molecule has 0 aliphatic carbocycles. The lowest BCUT2D eigenvalue weighted by Crippen LogP contribution is -2.43. The van der Waals surface area contributed by atoms with Crippen molar-refractivity contribution >= 4 is 36.6 Å². The standard InChI is InChI=1S/C13H22BrNOSi.C8H8N2O.2CO2/c1-10-11(8-14)7-12(9-15-10)16-17(5,6)13(2,3)4;1-6-7(4-9-2)3-8(11)5-10-6;2*2-1-3/h7,9H,8H2,1-6H3;3,5,11H,4H2,1H3;;. The highest BCUT2D eigenvalue weighted by molar-refractivity contribution is 9.08. The van der Waals surface area contributed by atoms with E-state index in [0.29, 0.717) is 0 Å². The summed E-state index contributed by atoms with van der Waals surface area (Å²) >= 11 is 3.48. The van der Waals surface area contributed by atoms with Gasteiger partial charge in [-0.15, -0.1) is 0 Å². The summed E-state index contributed by atoms with van der Waals surface area (Å²) in [6, 6.07) is 3.66. The minimum absolute atomic E-state index is 0.120. The summed E-state index contributed by atoms with van der Waals surface area (Å²) in [4.78, 5) is 44.0. The molecule has 0 amide bonds. The van der Waals surface area contributed by atoms with Crippen LogP contribution >= 0.6 is 15.9 Å². The van der Waals surface area contributed by atoms with Crippen LogP contribution in [0.25, 0.3) is 4.85 Å². The Balaban J connectivity index is 0. The highest BCUT2D eigenvalue weighted by Crippen LogP contribution is 2.37. The van der Waals surface area contributed by atoms with Crippen molar-refractivity contribution in [1.82, 2.24) is 9.97 Å². The highest BCUT2D eigenvalue weighted by atomic mass is 79.9. The second kappa shape index (κ2) is 16.5. The van der Waals surface area contributed by atoms with Crippen LogP contribution in [0.15, 0.2) is 24.5 Å². The second-order valence-corrected chi connectivity index (χ2v) is 13.6. The van der Waals surface area contributed by atoms with Gasteiger partial charge >= 0.3 is 12.3 Å². The lowest BCUT2D eigenvalue weighted by molar-refractivity contribution is -0.193. The van der Waals surface area contributed by atoms with Gasteiger partial charge in [0.25, 0.3) is 8.32 Å². The van der Waals surface area contributed by atoms with E-state index in [2.05, 4.69) is 70.7 Å². The maximum absolute atomic E-state index is 9.00. The fraction of sp³-hybridized carbons (Fsp3) is 0.435. The minimum Gasteiger partial charge on any atom is -0.542 e. The van der Waals surface area contributed by atoms with Crippen LogP contribution < -0.4 is 4.43 Å². The Morgan fingerprint density at radius 2 is 1.50 bits per heavy atom. The van der Waals surface area contributed by atoms with Crippen LogP contribution in [0.1, 0.15) is 43.3 Å². The molecule has 0 unspecified atom stereocenters. The molecule has 11 heteroatoms. The van der Waals surface area contributed by atoms with Crippen LogP contribution in [0.4, 0.5) is 0 Å². The van der Waals surface area contributed by atoms with Crippen LogP contribution in [0.5, 0.6) is 11.5 Å². The van der Waals surface area contributed by atoms with Crippen molar-refractivity contribution in [2.24, 2.45) is 0 Å². The third-order valence-corrected chi connectivity index (χ3v) is 9.88. The molecular weight excluding hydrogens is 522 g/mol. The van der Waals surface area contributed by atoms with Crippen molar-refractivity contribution < 1.29 is 28.7 Å². The molecule has 1 N–H and O–H groups in total. The van der Waals surface area contributed by atoms with Crippen LogP contribution in [0.3, 0.4) is 0 Å². The number of aromatic hydroxyl groups is 1. The van der Waals surface area contributed by atoms with Gasteiger partial charge < -0.3 is 14.4 Å². The molecule has 2 heterocycles. The van der Waals surface area contributed by atoms with E-state index in [9.17, 15) is 0 Å². The van der Waals surface area contributed by atoms with Crippen LogP contribution in [-0.4, -0.2) is 35.7 Å². The number of aromatic nitrogens is 2. The molecule has 0 atom stereocenters. The van der Waals surface area contributed by atoms with E-state index >= 15 is 0 Å².